The quantitative estimate of drug-likeness (QED) is 0.755. The van der Waals surface area contributed by atoms with Gasteiger partial charge in [-0.25, -0.2) is 0 Å². The minimum atomic E-state index is -4.73. The van der Waals surface area contributed by atoms with Crippen LogP contribution in [0.3, 0.4) is 0 Å². The van der Waals surface area contributed by atoms with Gasteiger partial charge in [-0.3, -0.25) is 4.98 Å². The fourth-order valence-corrected chi connectivity index (χ4v) is 2.15. The van der Waals surface area contributed by atoms with Crippen molar-refractivity contribution in [3.05, 3.63) is 36.7 Å². The highest BCUT2D eigenvalue weighted by molar-refractivity contribution is 6.04. The molecule has 3 aromatic rings. The summed E-state index contributed by atoms with van der Waals surface area (Å²) in [6.07, 6.45) is -1.73. The minimum absolute atomic E-state index is 0.0706. The van der Waals surface area contributed by atoms with Gasteiger partial charge in [0, 0.05) is 11.8 Å². The van der Waals surface area contributed by atoms with Crippen LogP contribution in [-0.4, -0.2) is 11.3 Å². The summed E-state index contributed by atoms with van der Waals surface area (Å²) in [5.41, 5.74) is 13.4. The highest BCUT2D eigenvalue weighted by atomic mass is 19.4. The van der Waals surface area contributed by atoms with Crippen molar-refractivity contribution in [2.45, 2.75) is 6.36 Å². The highest BCUT2D eigenvalue weighted by Gasteiger charge is 2.31. The first-order valence-electron chi connectivity index (χ1n) is 6.13. The monoisotopic (exact) mass is 309 g/mol. The summed E-state index contributed by atoms with van der Waals surface area (Å²) >= 11 is 0. The second-order valence-corrected chi connectivity index (χ2v) is 4.51. The molecule has 0 unspecified atom stereocenters. The zero-order valence-electron chi connectivity index (χ0n) is 11.0. The fraction of sp³-hybridized carbons (Fsp3) is 0.0714. The van der Waals surface area contributed by atoms with Gasteiger partial charge in [-0.15, -0.1) is 13.2 Å². The lowest BCUT2D eigenvalue weighted by molar-refractivity contribution is -0.274. The van der Waals surface area contributed by atoms with Gasteiger partial charge in [0.25, 0.3) is 0 Å². The van der Waals surface area contributed by atoms with E-state index in [0.29, 0.717) is 22.1 Å². The van der Waals surface area contributed by atoms with Crippen LogP contribution in [0.25, 0.3) is 22.1 Å². The van der Waals surface area contributed by atoms with Crippen molar-refractivity contribution in [1.82, 2.24) is 4.98 Å². The van der Waals surface area contributed by atoms with Crippen molar-refractivity contribution in [2.24, 2.45) is 0 Å². The first kappa shape index (κ1) is 14.1. The summed E-state index contributed by atoms with van der Waals surface area (Å²) in [6, 6.07) is 5.36. The number of anilines is 2. The van der Waals surface area contributed by atoms with E-state index in [4.69, 9.17) is 15.9 Å². The summed E-state index contributed by atoms with van der Waals surface area (Å²) < 4.78 is 45.6. The number of nitrogen functional groups attached to an aromatic ring is 2. The summed E-state index contributed by atoms with van der Waals surface area (Å²) in [5.74, 6) is -0.239. The maximum Gasteiger partial charge on any atom is 0.573 e. The molecule has 0 spiro atoms. The molecule has 2 heterocycles. The van der Waals surface area contributed by atoms with Gasteiger partial charge in [0.05, 0.1) is 11.6 Å². The average molecular weight is 309 g/mol. The summed E-state index contributed by atoms with van der Waals surface area (Å²) in [4.78, 5) is 4.01. The van der Waals surface area contributed by atoms with Crippen LogP contribution in [0.1, 0.15) is 0 Å². The number of fused-ring (bicyclic) bond motifs is 1. The standard InChI is InChI=1S/C14H10F3N3O2/c15-14(16,17)22-8-3-1-7(2-4-8)9-5-20-6-10-11(9)12(18)13(19)21-10/h1-6H,18-19H2. The van der Waals surface area contributed by atoms with Crippen LogP contribution in [0.2, 0.25) is 0 Å². The third-order valence-electron chi connectivity index (χ3n) is 3.06. The number of hydrogen-bond acceptors (Lipinski definition) is 5. The van der Waals surface area contributed by atoms with Gasteiger partial charge in [0.15, 0.2) is 5.58 Å². The molecule has 4 N–H and O–H groups in total. The first-order chi connectivity index (χ1) is 10.3. The molecule has 0 aliphatic heterocycles. The second kappa shape index (κ2) is 4.83. The summed E-state index contributed by atoms with van der Waals surface area (Å²) in [5, 5.41) is 0.567. The zero-order chi connectivity index (χ0) is 15.9. The van der Waals surface area contributed by atoms with Crippen LogP contribution < -0.4 is 16.2 Å². The molecule has 0 atom stereocenters. The maximum atomic E-state index is 12.2. The van der Waals surface area contributed by atoms with E-state index in [1.165, 1.54) is 36.7 Å². The van der Waals surface area contributed by atoms with Crippen LogP contribution >= 0.6 is 0 Å². The van der Waals surface area contributed by atoms with E-state index in [1.807, 2.05) is 0 Å². The Morgan fingerprint density at radius 3 is 2.36 bits per heavy atom. The van der Waals surface area contributed by atoms with Gasteiger partial charge in [-0.2, -0.15) is 0 Å². The molecule has 0 saturated heterocycles. The molecule has 114 valence electrons. The van der Waals surface area contributed by atoms with Crippen molar-refractivity contribution in [1.29, 1.82) is 0 Å². The Balaban J connectivity index is 2.05. The van der Waals surface area contributed by atoms with Crippen molar-refractivity contribution in [3.63, 3.8) is 0 Å². The van der Waals surface area contributed by atoms with E-state index < -0.39 is 6.36 Å². The molecule has 22 heavy (non-hydrogen) atoms. The molecule has 0 aliphatic rings. The van der Waals surface area contributed by atoms with Gasteiger partial charge >= 0.3 is 6.36 Å². The lowest BCUT2D eigenvalue weighted by atomic mass is 10.0. The largest absolute Gasteiger partial charge is 0.573 e. The Labute approximate surface area is 122 Å². The molecular formula is C14H10F3N3O2. The summed E-state index contributed by atoms with van der Waals surface area (Å²) in [6.45, 7) is 0. The Morgan fingerprint density at radius 2 is 1.73 bits per heavy atom. The van der Waals surface area contributed by atoms with Crippen molar-refractivity contribution in [3.8, 4) is 16.9 Å². The average Bonchev–Trinajstić information content (AvgIpc) is 2.73. The maximum absolute atomic E-state index is 12.2. The normalized spacial score (nSPS) is 11.8. The van der Waals surface area contributed by atoms with E-state index >= 15 is 0 Å². The fourth-order valence-electron chi connectivity index (χ4n) is 2.15. The highest BCUT2D eigenvalue weighted by Crippen LogP contribution is 2.37. The van der Waals surface area contributed by atoms with Crippen LogP contribution in [-0.2, 0) is 0 Å². The van der Waals surface area contributed by atoms with Crippen molar-refractivity contribution < 1.29 is 22.3 Å². The predicted octanol–water partition coefficient (Wildman–Crippen LogP) is 3.56. The van der Waals surface area contributed by atoms with Crippen LogP contribution in [0, 0.1) is 0 Å². The lowest BCUT2D eigenvalue weighted by Gasteiger charge is -2.09. The van der Waals surface area contributed by atoms with E-state index in [-0.39, 0.29) is 17.3 Å². The molecular weight excluding hydrogens is 299 g/mol. The van der Waals surface area contributed by atoms with Crippen LogP contribution in [0.4, 0.5) is 24.7 Å². The number of alkyl halides is 3. The number of furan rings is 1. The van der Waals surface area contributed by atoms with E-state index in [1.54, 1.807) is 0 Å². The number of benzene rings is 1. The molecule has 0 aliphatic carbocycles. The molecule has 2 aromatic heterocycles. The Bertz CT molecular complexity index is 826. The third-order valence-corrected chi connectivity index (χ3v) is 3.06. The van der Waals surface area contributed by atoms with Gasteiger partial charge in [-0.1, -0.05) is 12.1 Å². The smallest absolute Gasteiger partial charge is 0.437 e. The molecule has 5 nitrogen and oxygen atoms in total. The van der Waals surface area contributed by atoms with Crippen LogP contribution in [0.5, 0.6) is 5.75 Å². The molecule has 0 radical (unpaired) electrons. The zero-order valence-corrected chi connectivity index (χ0v) is 11.0. The molecule has 3 rings (SSSR count). The molecule has 8 heteroatoms. The lowest BCUT2D eigenvalue weighted by Crippen LogP contribution is -2.16. The number of ether oxygens (including phenoxy) is 1. The van der Waals surface area contributed by atoms with Gasteiger partial charge in [0.2, 0.25) is 5.88 Å². The number of hydrogen-bond donors (Lipinski definition) is 2. The number of halogens is 3. The SMILES string of the molecule is Nc1oc2cncc(-c3ccc(OC(F)(F)F)cc3)c2c1N. The predicted molar refractivity (Wildman–Crippen MR) is 75.0 cm³/mol. The van der Waals surface area contributed by atoms with Crippen molar-refractivity contribution >= 4 is 22.5 Å². The van der Waals surface area contributed by atoms with Gasteiger partial charge in [-0.05, 0) is 17.7 Å². The Hall–Kier alpha value is -2.90. The molecule has 0 amide bonds. The Morgan fingerprint density at radius 1 is 1.05 bits per heavy atom. The number of aromatic nitrogens is 1. The van der Waals surface area contributed by atoms with Crippen LogP contribution in [0.15, 0.2) is 41.1 Å². The second-order valence-electron chi connectivity index (χ2n) is 4.51. The van der Waals surface area contributed by atoms with Gasteiger partial charge in [0.1, 0.15) is 11.4 Å². The van der Waals surface area contributed by atoms with Crippen molar-refractivity contribution in [2.75, 3.05) is 11.5 Å². The van der Waals surface area contributed by atoms with E-state index in [2.05, 4.69) is 9.72 Å². The molecule has 0 fully saturated rings. The Kier molecular flexibility index (Phi) is 3.09. The van der Waals surface area contributed by atoms with Gasteiger partial charge < -0.3 is 20.6 Å². The number of nitrogens with zero attached hydrogens (tertiary/aromatic N) is 1. The molecule has 1 aromatic carbocycles. The first-order valence-corrected chi connectivity index (χ1v) is 6.13. The minimum Gasteiger partial charge on any atom is -0.437 e. The third kappa shape index (κ3) is 2.50. The topological polar surface area (TPSA) is 87.3 Å². The van der Waals surface area contributed by atoms with E-state index in [0.717, 1.165) is 0 Å². The van der Waals surface area contributed by atoms with E-state index in [9.17, 15) is 13.2 Å². The molecule has 0 saturated carbocycles. The number of pyridine rings is 1. The summed E-state index contributed by atoms with van der Waals surface area (Å²) in [7, 11) is 0. The molecule has 0 bridgehead atoms. The number of nitrogens with two attached hydrogens (primary N) is 2. The number of rotatable bonds is 2.